The second-order valence-electron chi connectivity index (χ2n) is 5.23. The van der Waals surface area contributed by atoms with Crippen LogP contribution in [0.1, 0.15) is 46.0 Å². The molecule has 110 valence electrons. The molecule has 2 N–H and O–H groups in total. The minimum Gasteiger partial charge on any atom is -0.481 e. The van der Waals surface area contributed by atoms with E-state index in [1.807, 2.05) is 18.7 Å². The summed E-state index contributed by atoms with van der Waals surface area (Å²) in [6.07, 6.45) is 4.16. The van der Waals surface area contributed by atoms with E-state index in [9.17, 15) is 14.7 Å². The van der Waals surface area contributed by atoms with Crippen molar-refractivity contribution in [2.24, 2.45) is 11.8 Å². The Balaban J connectivity index is 2.43. The number of carboxylic acids is 1. The number of thioether (sulfide) groups is 1. The number of rotatable bonds is 7. The molecule has 1 saturated carbocycles. The molecular weight excluding hydrogens is 262 g/mol. The quantitative estimate of drug-likeness (QED) is 0.706. The largest absolute Gasteiger partial charge is 0.481 e. The van der Waals surface area contributed by atoms with Crippen LogP contribution >= 0.6 is 11.8 Å². The molecule has 19 heavy (non-hydrogen) atoms. The third-order valence-corrected chi connectivity index (χ3v) is 4.64. The molecule has 1 amide bonds. The lowest BCUT2D eigenvalue weighted by Gasteiger charge is -2.28. The van der Waals surface area contributed by atoms with E-state index in [-0.39, 0.29) is 17.9 Å². The zero-order chi connectivity index (χ0) is 14.3. The van der Waals surface area contributed by atoms with Crippen LogP contribution < -0.4 is 5.32 Å². The zero-order valence-electron chi connectivity index (χ0n) is 11.9. The second kappa shape index (κ2) is 8.46. The number of amides is 1. The summed E-state index contributed by atoms with van der Waals surface area (Å²) >= 11 is 1.86. The highest BCUT2D eigenvalue weighted by Crippen LogP contribution is 2.30. The fourth-order valence-corrected chi connectivity index (χ4v) is 3.38. The van der Waals surface area contributed by atoms with Crippen molar-refractivity contribution >= 4 is 23.6 Å². The van der Waals surface area contributed by atoms with Crippen molar-refractivity contribution in [2.75, 3.05) is 11.5 Å². The van der Waals surface area contributed by atoms with Crippen LogP contribution in [0.2, 0.25) is 0 Å². The van der Waals surface area contributed by atoms with Crippen LogP contribution in [0.4, 0.5) is 0 Å². The highest BCUT2D eigenvalue weighted by atomic mass is 32.2. The Morgan fingerprint density at radius 3 is 2.53 bits per heavy atom. The maximum absolute atomic E-state index is 12.2. The molecule has 0 aliphatic heterocycles. The lowest BCUT2D eigenvalue weighted by atomic mass is 9.78. The number of hydrogen-bond acceptors (Lipinski definition) is 3. The molecule has 1 aliphatic carbocycles. The van der Waals surface area contributed by atoms with Gasteiger partial charge in [0.25, 0.3) is 0 Å². The van der Waals surface area contributed by atoms with Crippen molar-refractivity contribution < 1.29 is 14.7 Å². The van der Waals surface area contributed by atoms with E-state index in [0.29, 0.717) is 12.8 Å². The molecule has 3 unspecified atom stereocenters. The maximum atomic E-state index is 12.2. The van der Waals surface area contributed by atoms with Crippen LogP contribution in [0.5, 0.6) is 0 Å². The van der Waals surface area contributed by atoms with Gasteiger partial charge in [0.1, 0.15) is 0 Å². The molecule has 0 bridgehead atoms. The van der Waals surface area contributed by atoms with Crippen molar-refractivity contribution in [3.63, 3.8) is 0 Å². The summed E-state index contributed by atoms with van der Waals surface area (Å²) in [6, 6.07) is 0.128. The van der Waals surface area contributed by atoms with Gasteiger partial charge in [-0.15, -0.1) is 0 Å². The molecule has 3 atom stereocenters. The van der Waals surface area contributed by atoms with Gasteiger partial charge in [0.2, 0.25) is 5.91 Å². The van der Waals surface area contributed by atoms with Gasteiger partial charge in [0.05, 0.1) is 11.8 Å². The lowest BCUT2D eigenvalue weighted by Crippen LogP contribution is -2.43. The molecule has 0 aromatic carbocycles. The Morgan fingerprint density at radius 2 is 1.95 bits per heavy atom. The predicted octanol–water partition coefficient (Wildman–Crippen LogP) is 2.53. The molecule has 0 radical (unpaired) electrons. The molecule has 0 aromatic heterocycles. The van der Waals surface area contributed by atoms with Gasteiger partial charge in [0, 0.05) is 6.04 Å². The maximum Gasteiger partial charge on any atom is 0.307 e. The monoisotopic (exact) mass is 287 g/mol. The van der Waals surface area contributed by atoms with Crippen molar-refractivity contribution in [1.29, 1.82) is 0 Å². The summed E-state index contributed by atoms with van der Waals surface area (Å²) in [7, 11) is 0. The summed E-state index contributed by atoms with van der Waals surface area (Å²) in [4.78, 5) is 23.4. The summed E-state index contributed by atoms with van der Waals surface area (Å²) in [5.74, 6) is 0.392. The Morgan fingerprint density at radius 1 is 1.32 bits per heavy atom. The van der Waals surface area contributed by atoms with Gasteiger partial charge < -0.3 is 10.4 Å². The van der Waals surface area contributed by atoms with E-state index >= 15 is 0 Å². The summed E-state index contributed by atoms with van der Waals surface area (Å²) < 4.78 is 0. The average Bonchev–Trinajstić information content (AvgIpc) is 2.39. The predicted molar refractivity (Wildman–Crippen MR) is 78.3 cm³/mol. The third kappa shape index (κ3) is 5.43. The fourth-order valence-electron chi connectivity index (χ4n) is 2.57. The number of carboxylic acid groups (broad SMARTS) is 1. The third-order valence-electron chi connectivity index (χ3n) is 3.71. The van der Waals surface area contributed by atoms with Gasteiger partial charge in [0.15, 0.2) is 0 Å². The Kier molecular flexibility index (Phi) is 7.28. The Bertz CT molecular complexity index is 309. The normalized spacial score (nSPS) is 24.7. The van der Waals surface area contributed by atoms with Gasteiger partial charge >= 0.3 is 5.97 Å². The molecule has 0 saturated heterocycles. The van der Waals surface area contributed by atoms with Crippen LogP contribution in [0, 0.1) is 11.8 Å². The fraction of sp³-hybridized carbons (Fsp3) is 0.857. The highest BCUT2D eigenvalue weighted by molar-refractivity contribution is 7.99. The van der Waals surface area contributed by atoms with Crippen LogP contribution in [0.15, 0.2) is 0 Å². The van der Waals surface area contributed by atoms with E-state index in [1.54, 1.807) is 0 Å². The summed E-state index contributed by atoms with van der Waals surface area (Å²) in [5, 5.41) is 12.2. The van der Waals surface area contributed by atoms with E-state index in [2.05, 4.69) is 12.2 Å². The summed E-state index contributed by atoms with van der Waals surface area (Å²) in [6.45, 7) is 4.11. The topological polar surface area (TPSA) is 66.4 Å². The van der Waals surface area contributed by atoms with Crippen molar-refractivity contribution in [1.82, 2.24) is 5.32 Å². The number of nitrogens with one attached hydrogen (secondary N) is 1. The second-order valence-corrected chi connectivity index (χ2v) is 6.62. The SMILES string of the molecule is CCSCCC(C)NC(=O)C1CCCCC1C(=O)O. The van der Waals surface area contributed by atoms with E-state index in [0.717, 1.165) is 30.8 Å². The summed E-state index contributed by atoms with van der Waals surface area (Å²) in [5.41, 5.74) is 0. The molecule has 1 fully saturated rings. The molecule has 0 aromatic rings. The van der Waals surface area contributed by atoms with E-state index < -0.39 is 11.9 Å². The molecule has 0 heterocycles. The Hall–Kier alpha value is -0.710. The minimum atomic E-state index is -0.825. The first-order valence-electron chi connectivity index (χ1n) is 7.17. The van der Waals surface area contributed by atoms with Gasteiger partial charge in [-0.3, -0.25) is 9.59 Å². The van der Waals surface area contributed by atoms with Gasteiger partial charge in [-0.05, 0) is 37.7 Å². The zero-order valence-corrected chi connectivity index (χ0v) is 12.7. The van der Waals surface area contributed by atoms with Crippen LogP contribution in [0.25, 0.3) is 0 Å². The molecule has 1 rings (SSSR count). The van der Waals surface area contributed by atoms with Crippen molar-refractivity contribution in [3.05, 3.63) is 0 Å². The van der Waals surface area contributed by atoms with Crippen LogP contribution in [-0.4, -0.2) is 34.5 Å². The van der Waals surface area contributed by atoms with Crippen LogP contribution in [0.3, 0.4) is 0 Å². The molecule has 0 spiro atoms. The highest BCUT2D eigenvalue weighted by Gasteiger charge is 2.35. The lowest BCUT2D eigenvalue weighted by molar-refractivity contribution is -0.149. The molecule has 1 aliphatic rings. The number of aliphatic carboxylic acids is 1. The first-order valence-corrected chi connectivity index (χ1v) is 8.32. The Labute approximate surface area is 119 Å². The minimum absolute atomic E-state index is 0.0684. The van der Waals surface area contributed by atoms with Crippen LogP contribution in [-0.2, 0) is 9.59 Å². The molecule has 5 heteroatoms. The molecule has 4 nitrogen and oxygen atoms in total. The average molecular weight is 287 g/mol. The first-order chi connectivity index (χ1) is 9.06. The number of carbonyl (C=O) groups is 2. The van der Waals surface area contributed by atoms with Crippen molar-refractivity contribution in [2.45, 2.75) is 52.0 Å². The van der Waals surface area contributed by atoms with Gasteiger partial charge in [-0.25, -0.2) is 0 Å². The smallest absolute Gasteiger partial charge is 0.307 e. The molecular formula is C14H25NO3S. The van der Waals surface area contributed by atoms with E-state index in [1.165, 1.54) is 0 Å². The first kappa shape index (κ1) is 16.3. The van der Waals surface area contributed by atoms with E-state index in [4.69, 9.17) is 0 Å². The van der Waals surface area contributed by atoms with Gasteiger partial charge in [-0.2, -0.15) is 11.8 Å². The standard InChI is InChI=1S/C14H25NO3S/c1-3-19-9-8-10(2)15-13(16)11-6-4-5-7-12(11)14(17)18/h10-12H,3-9H2,1-2H3,(H,15,16)(H,17,18). The number of hydrogen-bond donors (Lipinski definition) is 2. The van der Waals surface area contributed by atoms with Crippen molar-refractivity contribution in [3.8, 4) is 0 Å². The van der Waals surface area contributed by atoms with Gasteiger partial charge in [-0.1, -0.05) is 19.8 Å². The number of carbonyl (C=O) groups excluding carboxylic acids is 1.